The van der Waals surface area contributed by atoms with E-state index >= 15 is 0 Å². The van der Waals surface area contributed by atoms with Crippen molar-refractivity contribution in [2.45, 2.75) is 13.8 Å². The molecule has 1 aromatic carbocycles. The highest BCUT2D eigenvalue weighted by Crippen LogP contribution is 2.25. The molecule has 1 atom stereocenters. The van der Waals surface area contributed by atoms with E-state index < -0.39 is 0 Å². The molecule has 0 bridgehead atoms. The summed E-state index contributed by atoms with van der Waals surface area (Å²) >= 11 is 0. The quantitative estimate of drug-likeness (QED) is 0.765. The Morgan fingerprint density at radius 2 is 2.05 bits per heavy atom. The Bertz CT molecular complexity index is 482. The van der Waals surface area contributed by atoms with Crippen molar-refractivity contribution in [2.75, 3.05) is 26.8 Å². The van der Waals surface area contributed by atoms with Gasteiger partial charge in [0, 0.05) is 13.1 Å². The Labute approximate surface area is 119 Å². The van der Waals surface area contributed by atoms with E-state index in [4.69, 9.17) is 14.7 Å². The summed E-state index contributed by atoms with van der Waals surface area (Å²) in [7, 11) is 1.55. The predicted octanol–water partition coefficient (Wildman–Crippen LogP) is 2.08. The fourth-order valence-corrected chi connectivity index (χ4v) is 1.75. The number of methoxy groups -OCH3 is 1. The first-order chi connectivity index (χ1) is 9.62. The van der Waals surface area contributed by atoms with Crippen LogP contribution < -0.4 is 9.47 Å². The minimum atomic E-state index is -0.190. The molecule has 20 heavy (non-hydrogen) atoms. The maximum atomic E-state index is 12.0. The molecule has 1 aromatic rings. The van der Waals surface area contributed by atoms with Gasteiger partial charge in [0.15, 0.2) is 18.1 Å². The Kier molecular flexibility index (Phi) is 6.38. The van der Waals surface area contributed by atoms with Crippen LogP contribution in [0.1, 0.15) is 13.8 Å². The van der Waals surface area contributed by atoms with Crippen LogP contribution in [0, 0.1) is 17.2 Å². The zero-order chi connectivity index (χ0) is 15.0. The van der Waals surface area contributed by atoms with Gasteiger partial charge in [0.05, 0.1) is 19.1 Å². The van der Waals surface area contributed by atoms with Gasteiger partial charge in [-0.2, -0.15) is 5.26 Å². The monoisotopic (exact) mass is 276 g/mol. The number of carbonyl (C=O) groups is 1. The van der Waals surface area contributed by atoms with Crippen LogP contribution in [0.25, 0.3) is 0 Å². The number of nitriles is 1. The molecule has 0 saturated carbocycles. The fourth-order valence-electron chi connectivity index (χ4n) is 1.75. The van der Waals surface area contributed by atoms with Crippen molar-refractivity contribution >= 4 is 5.91 Å². The van der Waals surface area contributed by atoms with E-state index in [-0.39, 0.29) is 18.4 Å². The molecule has 0 spiro atoms. The van der Waals surface area contributed by atoms with E-state index in [9.17, 15) is 4.79 Å². The molecule has 0 aliphatic heterocycles. The second-order valence-electron chi connectivity index (χ2n) is 4.40. The lowest BCUT2D eigenvalue weighted by Crippen LogP contribution is -2.37. The van der Waals surface area contributed by atoms with Crippen molar-refractivity contribution in [3.8, 4) is 17.6 Å². The first-order valence-corrected chi connectivity index (χ1v) is 6.55. The number of carbonyl (C=O) groups excluding carboxylic acids is 1. The first-order valence-electron chi connectivity index (χ1n) is 6.55. The summed E-state index contributed by atoms with van der Waals surface area (Å²) in [5, 5.41) is 8.80. The molecule has 108 valence electrons. The number of rotatable bonds is 7. The van der Waals surface area contributed by atoms with Gasteiger partial charge in [-0.3, -0.25) is 4.79 Å². The van der Waals surface area contributed by atoms with Crippen molar-refractivity contribution in [3.63, 3.8) is 0 Å². The summed E-state index contributed by atoms with van der Waals surface area (Å²) in [4.78, 5) is 13.7. The van der Waals surface area contributed by atoms with Crippen LogP contribution in [0.4, 0.5) is 0 Å². The van der Waals surface area contributed by atoms with Gasteiger partial charge in [0.1, 0.15) is 0 Å². The van der Waals surface area contributed by atoms with Crippen molar-refractivity contribution in [1.82, 2.24) is 4.90 Å². The molecule has 0 radical (unpaired) electrons. The topological polar surface area (TPSA) is 62.6 Å². The minimum absolute atomic E-state index is 0.0631. The Balaban J connectivity index is 2.59. The number of para-hydroxylation sites is 2. The molecule has 0 saturated heterocycles. The zero-order valence-electron chi connectivity index (χ0n) is 12.1. The highest BCUT2D eigenvalue weighted by Gasteiger charge is 2.16. The van der Waals surface area contributed by atoms with Crippen LogP contribution in [-0.2, 0) is 4.79 Å². The van der Waals surface area contributed by atoms with E-state index in [1.165, 1.54) is 0 Å². The second kappa shape index (κ2) is 8.05. The molecule has 5 nitrogen and oxygen atoms in total. The van der Waals surface area contributed by atoms with Crippen LogP contribution >= 0.6 is 0 Å². The lowest BCUT2D eigenvalue weighted by Gasteiger charge is -2.22. The molecule has 0 heterocycles. The summed E-state index contributed by atoms with van der Waals surface area (Å²) in [5.74, 6) is 0.798. The lowest BCUT2D eigenvalue weighted by atomic mass is 10.2. The molecular weight excluding hydrogens is 256 g/mol. The van der Waals surface area contributed by atoms with Crippen molar-refractivity contribution in [3.05, 3.63) is 24.3 Å². The fraction of sp³-hybridized carbons (Fsp3) is 0.467. The maximum Gasteiger partial charge on any atom is 0.260 e. The Hall–Kier alpha value is -2.22. The molecule has 1 amide bonds. The Morgan fingerprint density at radius 3 is 2.60 bits per heavy atom. The van der Waals surface area contributed by atoms with Crippen molar-refractivity contribution < 1.29 is 14.3 Å². The number of nitrogens with zero attached hydrogens (tertiary/aromatic N) is 2. The third-order valence-electron chi connectivity index (χ3n) is 2.87. The van der Waals surface area contributed by atoms with E-state index in [1.54, 1.807) is 31.1 Å². The predicted molar refractivity (Wildman–Crippen MR) is 75.5 cm³/mol. The third kappa shape index (κ3) is 4.47. The van der Waals surface area contributed by atoms with Crippen molar-refractivity contribution in [2.24, 2.45) is 5.92 Å². The van der Waals surface area contributed by atoms with Gasteiger partial charge in [-0.1, -0.05) is 12.1 Å². The normalized spacial score (nSPS) is 11.3. The van der Waals surface area contributed by atoms with Gasteiger partial charge in [-0.25, -0.2) is 0 Å². The number of hydrogen-bond donors (Lipinski definition) is 0. The zero-order valence-corrected chi connectivity index (χ0v) is 12.1. The van der Waals surface area contributed by atoms with Crippen LogP contribution in [0.3, 0.4) is 0 Å². The number of likely N-dealkylation sites (N-methyl/N-ethyl adjacent to an activating group) is 1. The summed E-state index contributed by atoms with van der Waals surface area (Å²) in [6.07, 6.45) is 0. The average molecular weight is 276 g/mol. The number of amides is 1. The second-order valence-corrected chi connectivity index (χ2v) is 4.40. The van der Waals surface area contributed by atoms with E-state index in [2.05, 4.69) is 6.07 Å². The standard InChI is InChI=1S/C15H20N2O3/c1-4-17(10-12(2)9-16)15(18)11-20-14-8-6-5-7-13(14)19-3/h5-8,12H,4,10-11H2,1-3H3/t12-/m1/s1. The Morgan fingerprint density at radius 1 is 1.40 bits per heavy atom. The van der Waals surface area contributed by atoms with Gasteiger partial charge in [-0.15, -0.1) is 0 Å². The SMILES string of the molecule is CCN(C[C@H](C)C#N)C(=O)COc1ccccc1OC. The van der Waals surface area contributed by atoms with Crippen LogP contribution in [0.2, 0.25) is 0 Å². The molecular formula is C15H20N2O3. The van der Waals surface area contributed by atoms with E-state index in [0.717, 1.165) is 0 Å². The van der Waals surface area contributed by atoms with Gasteiger partial charge in [-0.05, 0) is 26.0 Å². The molecule has 1 rings (SSSR count). The molecule has 0 aromatic heterocycles. The molecule has 5 heteroatoms. The van der Waals surface area contributed by atoms with Crippen LogP contribution in [-0.4, -0.2) is 37.6 Å². The van der Waals surface area contributed by atoms with Crippen LogP contribution in [0.5, 0.6) is 11.5 Å². The molecule has 0 unspecified atom stereocenters. The number of benzene rings is 1. The largest absolute Gasteiger partial charge is 0.493 e. The number of ether oxygens (including phenoxy) is 2. The smallest absolute Gasteiger partial charge is 0.260 e. The van der Waals surface area contributed by atoms with E-state index in [0.29, 0.717) is 24.6 Å². The van der Waals surface area contributed by atoms with Crippen LogP contribution in [0.15, 0.2) is 24.3 Å². The average Bonchev–Trinajstić information content (AvgIpc) is 2.50. The maximum absolute atomic E-state index is 12.0. The number of hydrogen-bond acceptors (Lipinski definition) is 4. The molecule has 0 aliphatic carbocycles. The highest BCUT2D eigenvalue weighted by atomic mass is 16.5. The summed E-state index contributed by atoms with van der Waals surface area (Å²) in [6.45, 7) is 4.58. The molecule has 0 aliphatic rings. The summed E-state index contributed by atoms with van der Waals surface area (Å²) < 4.78 is 10.6. The minimum Gasteiger partial charge on any atom is -0.493 e. The summed E-state index contributed by atoms with van der Waals surface area (Å²) in [6, 6.07) is 9.30. The summed E-state index contributed by atoms with van der Waals surface area (Å²) in [5.41, 5.74) is 0. The van der Waals surface area contributed by atoms with Gasteiger partial charge < -0.3 is 14.4 Å². The first kappa shape index (κ1) is 15.8. The van der Waals surface area contributed by atoms with Crippen molar-refractivity contribution in [1.29, 1.82) is 5.26 Å². The van der Waals surface area contributed by atoms with E-state index in [1.807, 2.05) is 19.1 Å². The lowest BCUT2D eigenvalue weighted by molar-refractivity contribution is -0.133. The van der Waals surface area contributed by atoms with Gasteiger partial charge >= 0.3 is 0 Å². The highest BCUT2D eigenvalue weighted by molar-refractivity contribution is 5.77. The molecule has 0 fully saturated rings. The molecule has 0 N–H and O–H groups in total. The van der Waals surface area contributed by atoms with Gasteiger partial charge in [0.25, 0.3) is 5.91 Å². The third-order valence-corrected chi connectivity index (χ3v) is 2.87. The van der Waals surface area contributed by atoms with Gasteiger partial charge in [0.2, 0.25) is 0 Å².